The van der Waals surface area contributed by atoms with Crippen molar-refractivity contribution in [3.63, 3.8) is 0 Å². The Morgan fingerprint density at radius 1 is 1.12 bits per heavy atom. The molecule has 48 heavy (non-hydrogen) atoms. The number of amides is 1. The lowest BCUT2D eigenvalue weighted by Crippen LogP contribution is -2.46. The number of carbonyl (C=O) groups excluding carboxylic acids is 1. The number of ether oxygens (including phenoxy) is 1. The Labute approximate surface area is 285 Å². The van der Waals surface area contributed by atoms with Gasteiger partial charge in [-0.25, -0.2) is 14.8 Å². The van der Waals surface area contributed by atoms with Crippen LogP contribution in [0.3, 0.4) is 0 Å². The van der Waals surface area contributed by atoms with Crippen molar-refractivity contribution in [2.75, 3.05) is 29.6 Å². The zero-order valence-electron chi connectivity index (χ0n) is 29.8. The van der Waals surface area contributed by atoms with Gasteiger partial charge in [0.25, 0.3) is 10.1 Å². The van der Waals surface area contributed by atoms with Crippen LogP contribution in [0.4, 0.5) is 22.1 Å². The fourth-order valence-corrected chi connectivity index (χ4v) is 6.52. The van der Waals surface area contributed by atoms with Gasteiger partial charge < -0.3 is 14.5 Å². The molecule has 0 fully saturated rings. The van der Waals surface area contributed by atoms with Crippen molar-refractivity contribution >= 4 is 41.9 Å². The molecule has 0 bridgehead atoms. The van der Waals surface area contributed by atoms with Gasteiger partial charge in [0, 0.05) is 36.0 Å². The summed E-state index contributed by atoms with van der Waals surface area (Å²) in [7, 11) is -5.76. The largest absolute Gasteiger partial charge is 0.443 e. The van der Waals surface area contributed by atoms with Crippen molar-refractivity contribution in [1.82, 2.24) is 9.97 Å². The molecule has 1 aliphatic heterocycles. The van der Waals surface area contributed by atoms with Gasteiger partial charge in [0.1, 0.15) is 11.7 Å². The van der Waals surface area contributed by atoms with Gasteiger partial charge in [-0.05, 0) is 86.8 Å². The van der Waals surface area contributed by atoms with Gasteiger partial charge in [-0.2, -0.15) is 13.7 Å². The number of nitrogens with zero attached hydrogens (tertiary/aromatic N) is 4. The molecule has 0 spiro atoms. The maximum absolute atomic E-state index is 13.6. The molecule has 258 valence electrons. The molecule has 0 unspecified atom stereocenters. The number of rotatable bonds is 9. The molecule has 2 heterocycles. The van der Waals surface area contributed by atoms with E-state index in [1.54, 1.807) is 35.4 Å². The molecule has 1 amide bonds. The summed E-state index contributed by atoms with van der Waals surface area (Å²) in [6.45, 7) is 20.9. The number of hydrogen-bond acceptors (Lipinski definition) is 10. The van der Waals surface area contributed by atoms with E-state index in [1.807, 2.05) is 39.8 Å². The quantitative estimate of drug-likeness (QED) is 0.176. The summed E-state index contributed by atoms with van der Waals surface area (Å²) >= 11 is 0. The summed E-state index contributed by atoms with van der Waals surface area (Å²) in [4.78, 5) is 24.3. The molecule has 0 saturated heterocycles. The van der Waals surface area contributed by atoms with Crippen LogP contribution in [-0.2, 0) is 35.5 Å². The zero-order chi connectivity index (χ0) is 35.9. The highest BCUT2D eigenvalue weighted by molar-refractivity contribution is 7.85. The first-order valence-electron chi connectivity index (χ1n) is 15.8. The Kier molecular flexibility index (Phi) is 10.2. The second kappa shape index (κ2) is 13.2. The molecule has 11 nitrogen and oxygen atoms in total. The molecule has 13 heteroatoms. The summed E-state index contributed by atoms with van der Waals surface area (Å²) in [5, 5.41) is 13.6. The number of aromatic nitrogens is 2. The van der Waals surface area contributed by atoms with E-state index in [2.05, 4.69) is 57.2 Å². The zero-order valence-corrected chi connectivity index (χ0v) is 31.6. The average molecular weight is 694 g/mol. The Hall–Kier alpha value is -3.83. The topological polar surface area (TPSA) is 144 Å². The van der Waals surface area contributed by atoms with Crippen LogP contribution in [0.25, 0.3) is 11.3 Å². The normalized spacial score (nSPS) is 16.8. The van der Waals surface area contributed by atoms with Gasteiger partial charge in [0.2, 0.25) is 5.95 Å². The van der Waals surface area contributed by atoms with Crippen LogP contribution < -0.4 is 10.2 Å². The second-order valence-electron chi connectivity index (χ2n) is 15.2. The molecule has 1 atom stereocenters. The fraction of sp³-hybridized carbons (Fsp3) is 0.486. The lowest BCUT2D eigenvalue weighted by atomic mass is 9.83. The molecule has 0 saturated carbocycles. The number of benzene rings is 2. The predicted molar refractivity (Wildman–Crippen MR) is 190 cm³/mol. The maximum atomic E-state index is 13.6. The average Bonchev–Trinajstić information content (AvgIpc) is 3.27. The predicted octanol–water partition coefficient (Wildman–Crippen LogP) is 7.58. The Morgan fingerprint density at radius 2 is 1.81 bits per heavy atom. The van der Waals surface area contributed by atoms with Gasteiger partial charge in [0.05, 0.1) is 29.8 Å². The molecule has 0 radical (unpaired) electrons. The second-order valence-corrected chi connectivity index (χ2v) is 21.7. The summed E-state index contributed by atoms with van der Waals surface area (Å²) in [6.07, 6.45) is 2.12. The third kappa shape index (κ3) is 8.60. The lowest BCUT2D eigenvalue weighted by Gasteiger charge is -2.39. The molecular formula is C35H47N5O6SSi. The lowest BCUT2D eigenvalue weighted by molar-refractivity contribution is 0.0575. The molecular weight excluding hydrogens is 647 g/mol. The Balaban J connectivity index is 1.76. The maximum Gasteiger partial charge on any atom is 0.414 e. The monoisotopic (exact) mass is 693 g/mol. The van der Waals surface area contributed by atoms with Gasteiger partial charge >= 0.3 is 6.09 Å². The van der Waals surface area contributed by atoms with Crippen LogP contribution in [-0.4, -0.2) is 57.8 Å². The molecule has 1 aromatic heterocycles. The van der Waals surface area contributed by atoms with E-state index in [9.17, 15) is 18.5 Å². The SMILES string of the molecule is Cc1ccc(COS(C)(=O)=O)cc1Nc1nccc(-c2cc(C#N)c3c(c2)[C@@](C)(CO[Si](C)(C)C(C)(C)C)CN3C(=O)OC(C)(C)C)n1. The number of aryl methyl sites for hydroxylation is 1. The molecule has 3 aromatic rings. The van der Waals surface area contributed by atoms with Crippen molar-refractivity contribution in [2.24, 2.45) is 0 Å². The van der Waals surface area contributed by atoms with Gasteiger partial charge in [-0.1, -0.05) is 39.8 Å². The van der Waals surface area contributed by atoms with Crippen LogP contribution in [0.2, 0.25) is 18.1 Å². The summed E-state index contributed by atoms with van der Waals surface area (Å²) < 4.78 is 40.5. The van der Waals surface area contributed by atoms with E-state index in [0.29, 0.717) is 52.9 Å². The van der Waals surface area contributed by atoms with Gasteiger partial charge in [-0.15, -0.1) is 0 Å². The first kappa shape index (κ1) is 37.0. The number of nitriles is 1. The molecule has 1 N–H and O–H groups in total. The van der Waals surface area contributed by atoms with Gasteiger partial charge in [-0.3, -0.25) is 9.08 Å². The summed E-state index contributed by atoms with van der Waals surface area (Å²) in [5.41, 5.74) is 3.82. The summed E-state index contributed by atoms with van der Waals surface area (Å²) in [5.74, 6) is 0.315. The van der Waals surface area contributed by atoms with E-state index in [-0.39, 0.29) is 11.6 Å². The van der Waals surface area contributed by atoms with Crippen molar-refractivity contribution in [3.05, 3.63) is 64.8 Å². The van der Waals surface area contributed by atoms with Gasteiger partial charge in [0.15, 0.2) is 8.32 Å². The number of fused-ring (bicyclic) bond motifs is 1. The molecule has 4 rings (SSSR count). The van der Waals surface area contributed by atoms with E-state index >= 15 is 0 Å². The van der Waals surface area contributed by atoms with Crippen LogP contribution in [0.1, 0.15) is 70.7 Å². The van der Waals surface area contributed by atoms with Crippen LogP contribution >= 0.6 is 0 Å². The van der Waals surface area contributed by atoms with E-state index in [4.69, 9.17) is 18.3 Å². The number of carbonyl (C=O) groups is 1. The van der Waals surface area contributed by atoms with Crippen LogP contribution in [0.5, 0.6) is 0 Å². The standard InChI is InChI=1S/C35H47N5O6SSi/c1-23-12-13-24(20-44-47(9,42)43)16-29(23)39-31-37-15-14-28(38-31)25-17-26(19-36)30-27(18-25)35(8,22-45-48(10,11)34(5,6)7)21-40(30)32(41)46-33(2,3)4/h12-18H,20-22H2,1-11H3,(H,37,38,39)/t35-/m1/s1. The smallest absolute Gasteiger partial charge is 0.414 e. The van der Waals surface area contributed by atoms with E-state index < -0.39 is 35.5 Å². The highest BCUT2D eigenvalue weighted by Gasteiger charge is 2.47. The fourth-order valence-electron chi connectivity index (χ4n) is 5.05. The highest BCUT2D eigenvalue weighted by atomic mass is 32.2. The Morgan fingerprint density at radius 3 is 2.42 bits per heavy atom. The van der Waals surface area contributed by atoms with Crippen molar-refractivity contribution < 1.29 is 26.6 Å². The third-order valence-electron chi connectivity index (χ3n) is 8.77. The third-order valence-corrected chi connectivity index (χ3v) is 13.8. The minimum absolute atomic E-state index is 0.0156. The van der Waals surface area contributed by atoms with Crippen molar-refractivity contribution in [2.45, 2.75) is 91.1 Å². The van der Waals surface area contributed by atoms with E-state index in [0.717, 1.165) is 17.4 Å². The molecule has 2 aromatic carbocycles. The van der Waals surface area contributed by atoms with Crippen molar-refractivity contribution in [3.8, 4) is 17.3 Å². The minimum Gasteiger partial charge on any atom is -0.443 e. The van der Waals surface area contributed by atoms with Crippen LogP contribution in [0, 0.1) is 18.3 Å². The number of nitrogens with one attached hydrogen (secondary N) is 1. The Bertz CT molecular complexity index is 1860. The number of hydrogen-bond donors (Lipinski definition) is 1. The molecule has 0 aliphatic carbocycles. The number of anilines is 3. The first-order valence-corrected chi connectivity index (χ1v) is 20.5. The van der Waals surface area contributed by atoms with E-state index in [1.165, 1.54) is 0 Å². The first-order chi connectivity index (χ1) is 22.0. The molecule has 1 aliphatic rings. The minimum atomic E-state index is -3.60. The van der Waals surface area contributed by atoms with Crippen molar-refractivity contribution in [1.29, 1.82) is 5.26 Å². The highest BCUT2D eigenvalue weighted by Crippen LogP contribution is 2.47. The van der Waals surface area contributed by atoms with Crippen LogP contribution in [0.15, 0.2) is 42.6 Å². The summed E-state index contributed by atoms with van der Waals surface area (Å²) in [6, 6.07) is 13.2.